The molecule has 4 heteroatoms. The summed E-state index contributed by atoms with van der Waals surface area (Å²) in [5.41, 5.74) is 9.22. The summed E-state index contributed by atoms with van der Waals surface area (Å²) >= 11 is 3.31. The van der Waals surface area contributed by atoms with Crippen molar-refractivity contribution in [2.45, 2.75) is 33.6 Å². The summed E-state index contributed by atoms with van der Waals surface area (Å²) in [6.45, 7) is 6.39. The first-order valence-corrected chi connectivity index (χ1v) is 7.60. The second-order valence-corrected chi connectivity index (χ2v) is 6.64. The summed E-state index contributed by atoms with van der Waals surface area (Å²) in [5.74, 6) is 0. The SMILES string of the molecule is CCCc1c(-c2cc(C)c(C)s2)sc(C#N)c1N. The average Bonchev–Trinajstić information content (AvgIpc) is 2.83. The van der Waals surface area contributed by atoms with E-state index in [1.165, 1.54) is 31.5 Å². The largest absolute Gasteiger partial charge is 0.397 e. The van der Waals surface area contributed by atoms with Crippen molar-refractivity contribution in [1.82, 2.24) is 0 Å². The molecule has 2 N–H and O–H groups in total. The maximum atomic E-state index is 9.11. The van der Waals surface area contributed by atoms with Gasteiger partial charge in [0.1, 0.15) is 10.9 Å². The van der Waals surface area contributed by atoms with Crippen LogP contribution in [0.25, 0.3) is 9.75 Å². The topological polar surface area (TPSA) is 49.8 Å². The molecule has 2 nitrogen and oxygen atoms in total. The van der Waals surface area contributed by atoms with Crippen molar-refractivity contribution in [1.29, 1.82) is 5.26 Å². The zero-order chi connectivity index (χ0) is 13.3. The fraction of sp³-hybridized carbons (Fsp3) is 0.357. The Labute approximate surface area is 116 Å². The molecule has 2 aromatic rings. The third-order valence-electron chi connectivity index (χ3n) is 3.04. The smallest absolute Gasteiger partial charge is 0.128 e. The number of nitrogens with zero attached hydrogens (tertiary/aromatic N) is 1. The Hall–Kier alpha value is -1.31. The normalized spacial score (nSPS) is 10.6. The lowest BCUT2D eigenvalue weighted by Gasteiger charge is -2.01. The summed E-state index contributed by atoms with van der Waals surface area (Å²) in [4.78, 5) is 4.41. The number of hydrogen-bond acceptors (Lipinski definition) is 4. The number of hydrogen-bond donors (Lipinski definition) is 1. The monoisotopic (exact) mass is 276 g/mol. The van der Waals surface area contributed by atoms with Crippen LogP contribution in [0.3, 0.4) is 0 Å². The van der Waals surface area contributed by atoms with E-state index in [4.69, 9.17) is 11.0 Å². The molecule has 0 spiro atoms. The fourth-order valence-electron chi connectivity index (χ4n) is 1.94. The van der Waals surface area contributed by atoms with Gasteiger partial charge in [-0.2, -0.15) is 5.26 Å². The second-order valence-electron chi connectivity index (χ2n) is 4.36. The van der Waals surface area contributed by atoms with Crippen LogP contribution < -0.4 is 5.73 Å². The molecule has 0 aromatic carbocycles. The number of nitriles is 1. The third-order valence-corrected chi connectivity index (χ3v) is 5.52. The average molecular weight is 276 g/mol. The van der Waals surface area contributed by atoms with Gasteiger partial charge in [0.2, 0.25) is 0 Å². The van der Waals surface area contributed by atoms with E-state index >= 15 is 0 Å². The van der Waals surface area contributed by atoms with Crippen LogP contribution in [0.2, 0.25) is 0 Å². The molecule has 0 fully saturated rings. The first kappa shape index (κ1) is 13.1. The van der Waals surface area contributed by atoms with Crippen LogP contribution in [0.5, 0.6) is 0 Å². The Kier molecular flexibility index (Phi) is 3.74. The van der Waals surface area contributed by atoms with E-state index in [9.17, 15) is 0 Å². The van der Waals surface area contributed by atoms with Crippen LogP contribution in [0.15, 0.2) is 6.07 Å². The van der Waals surface area contributed by atoms with Gasteiger partial charge in [-0.25, -0.2) is 0 Å². The number of aryl methyl sites for hydroxylation is 2. The van der Waals surface area contributed by atoms with E-state index in [1.807, 2.05) is 0 Å². The molecule has 2 heterocycles. The van der Waals surface area contributed by atoms with Crippen LogP contribution >= 0.6 is 22.7 Å². The molecule has 2 aromatic heterocycles. The summed E-state index contributed by atoms with van der Waals surface area (Å²) in [7, 11) is 0. The third kappa shape index (κ3) is 2.16. The first-order chi connectivity index (χ1) is 8.58. The number of anilines is 1. The maximum Gasteiger partial charge on any atom is 0.128 e. The molecule has 0 bridgehead atoms. The molecule has 2 rings (SSSR count). The van der Waals surface area contributed by atoms with Crippen LogP contribution in [-0.2, 0) is 6.42 Å². The van der Waals surface area contributed by atoms with Crippen LogP contribution in [0.1, 0.15) is 34.2 Å². The Morgan fingerprint density at radius 1 is 1.33 bits per heavy atom. The molecular formula is C14H16N2S2. The van der Waals surface area contributed by atoms with Gasteiger partial charge in [0.25, 0.3) is 0 Å². The maximum absolute atomic E-state index is 9.11. The lowest BCUT2D eigenvalue weighted by molar-refractivity contribution is 0.930. The summed E-state index contributed by atoms with van der Waals surface area (Å²) in [5, 5.41) is 9.11. The van der Waals surface area contributed by atoms with Crippen molar-refractivity contribution in [2.24, 2.45) is 0 Å². The highest BCUT2D eigenvalue weighted by molar-refractivity contribution is 7.23. The molecular weight excluding hydrogens is 260 g/mol. The van der Waals surface area contributed by atoms with Crippen LogP contribution in [-0.4, -0.2) is 0 Å². The van der Waals surface area contributed by atoms with Gasteiger partial charge in [0.05, 0.1) is 10.6 Å². The molecule has 0 aliphatic heterocycles. The Morgan fingerprint density at radius 2 is 2.06 bits per heavy atom. The Morgan fingerprint density at radius 3 is 2.56 bits per heavy atom. The lowest BCUT2D eigenvalue weighted by atomic mass is 10.1. The van der Waals surface area contributed by atoms with Crippen LogP contribution in [0, 0.1) is 25.2 Å². The highest BCUT2D eigenvalue weighted by Crippen LogP contribution is 2.42. The highest BCUT2D eigenvalue weighted by Gasteiger charge is 2.18. The van der Waals surface area contributed by atoms with Crippen molar-refractivity contribution in [3.05, 3.63) is 26.9 Å². The van der Waals surface area contributed by atoms with Gasteiger partial charge in [-0.05, 0) is 37.5 Å². The molecule has 18 heavy (non-hydrogen) atoms. The molecule has 94 valence electrons. The Bertz CT molecular complexity index is 595. The molecule has 0 atom stereocenters. The molecule has 0 aliphatic carbocycles. The Balaban J connectivity index is 2.59. The van der Waals surface area contributed by atoms with E-state index in [-0.39, 0.29) is 0 Å². The van der Waals surface area contributed by atoms with Crippen molar-refractivity contribution in [3.8, 4) is 15.8 Å². The quantitative estimate of drug-likeness (QED) is 0.897. The number of rotatable bonds is 3. The molecule has 0 saturated carbocycles. The number of nitrogens with two attached hydrogens (primary N) is 1. The van der Waals surface area contributed by atoms with Crippen molar-refractivity contribution < 1.29 is 0 Å². The molecule has 0 aliphatic rings. The van der Waals surface area contributed by atoms with E-state index in [2.05, 4.69) is 32.9 Å². The summed E-state index contributed by atoms with van der Waals surface area (Å²) in [6.07, 6.45) is 1.98. The van der Waals surface area contributed by atoms with Crippen molar-refractivity contribution in [3.63, 3.8) is 0 Å². The summed E-state index contributed by atoms with van der Waals surface area (Å²) < 4.78 is 0. The molecule has 0 saturated heterocycles. The van der Waals surface area contributed by atoms with Gasteiger partial charge in [0, 0.05) is 9.75 Å². The van der Waals surface area contributed by atoms with Gasteiger partial charge in [0.15, 0.2) is 0 Å². The van der Waals surface area contributed by atoms with Gasteiger partial charge < -0.3 is 5.73 Å². The van der Waals surface area contributed by atoms with Gasteiger partial charge in [-0.15, -0.1) is 22.7 Å². The molecule has 0 unspecified atom stereocenters. The lowest BCUT2D eigenvalue weighted by Crippen LogP contribution is -1.92. The fourth-order valence-corrected chi connectivity index (χ4v) is 4.17. The zero-order valence-corrected chi connectivity index (χ0v) is 12.5. The predicted octanol–water partition coefficient (Wildman–Crippen LogP) is 4.50. The second kappa shape index (κ2) is 5.13. The zero-order valence-electron chi connectivity index (χ0n) is 10.8. The minimum absolute atomic E-state index is 0.650. The van der Waals surface area contributed by atoms with E-state index < -0.39 is 0 Å². The minimum atomic E-state index is 0.650. The van der Waals surface area contributed by atoms with Gasteiger partial charge in [-0.1, -0.05) is 13.3 Å². The van der Waals surface area contributed by atoms with E-state index in [1.54, 1.807) is 11.3 Å². The summed E-state index contributed by atoms with van der Waals surface area (Å²) in [6, 6.07) is 4.40. The van der Waals surface area contributed by atoms with Gasteiger partial charge in [-0.3, -0.25) is 0 Å². The molecule has 0 amide bonds. The van der Waals surface area contributed by atoms with E-state index in [0.717, 1.165) is 18.4 Å². The highest BCUT2D eigenvalue weighted by atomic mass is 32.1. The number of thiophene rings is 2. The minimum Gasteiger partial charge on any atom is -0.397 e. The van der Waals surface area contributed by atoms with Crippen molar-refractivity contribution in [2.75, 3.05) is 5.73 Å². The standard InChI is InChI=1S/C14H16N2S2/c1-4-5-10-13(16)12(7-15)18-14(10)11-6-8(2)9(3)17-11/h6H,4-5,16H2,1-3H3. The van der Waals surface area contributed by atoms with Gasteiger partial charge >= 0.3 is 0 Å². The van der Waals surface area contributed by atoms with Crippen LogP contribution in [0.4, 0.5) is 5.69 Å². The number of nitrogen functional groups attached to an aromatic ring is 1. The van der Waals surface area contributed by atoms with E-state index in [0.29, 0.717) is 10.6 Å². The predicted molar refractivity (Wildman–Crippen MR) is 80.2 cm³/mol. The first-order valence-electron chi connectivity index (χ1n) is 5.97. The van der Waals surface area contributed by atoms with Crippen molar-refractivity contribution >= 4 is 28.4 Å². The molecule has 0 radical (unpaired) electrons.